The van der Waals surface area contributed by atoms with Crippen LogP contribution in [0.4, 0.5) is 0 Å². The van der Waals surface area contributed by atoms with Gasteiger partial charge in [0.05, 0.1) is 5.66 Å². The molecule has 0 radical (unpaired) electrons. The zero-order chi connectivity index (χ0) is 18.4. The van der Waals surface area contributed by atoms with Crippen LogP contribution in [0.25, 0.3) is 0 Å². The Hall–Kier alpha value is -1.89. The van der Waals surface area contributed by atoms with Gasteiger partial charge in [-0.1, -0.05) is 85.0 Å². The molecule has 0 spiro atoms. The van der Waals surface area contributed by atoms with Gasteiger partial charge in [0.2, 0.25) is 0 Å². The van der Waals surface area contributed by atoms with Crippen LogP contribution in [-0.4, -0.2) is 15.9 Å². The first-order chi connectivity index (χ1) is 12.4. The van der Waals surface area contributed by atoms with E-state index in [-0.39, 0.29) is 23.2 Å². The Bertz CT molecular complexity index is 879. The van der Waals surface area contributed by atoms with Crippen LogP contribution in [0.15, 0.2) is 85.0 Å². The quantitative estimate of drug-likeness (QED) is 0.652. The monoisotopic (exact) mass is 363 g/mol. The second-order valence-corrected chi connectivity index (χ2v) is 11.0. The van der Waals surface area contributed by atoms with Gasteiger partial charge in [-0.15, -0.1) is 0 Å². The van der Waals surface area contributed by atoms with E-state index in [2.05, 4.69) is 74.0 Å². The van der Waals surface area contributed by atoms with Crippen molar-refractivity contribution in [1.29, 1.82) is 0 Å². The first-order valence-corrected chi connectivity index (χ1v) is 11.0. The summed E-state index contributed by atoms with van der Waals surface area (Å²) in [7, 11) is -2.81. The van der Waals surface area contributed by atoms with Gasteiger partial charge >= 0.3 is 0 Å². The molecule has 0 aromatic heterocycles. The molecule has 0 bridgehead atoms. The van der Waals surface area contributed by atoms with Crippen LogP contribution < -0.4 is 5.30 Å². The Morgan fingerprint density at radius 3 is 2.04 bits per heavy atom. The van der Waals surface area contributed by atoms with Crippen LogP contribution >= 0.6 is 7.29 Å². The molecule has 2 aliphatic rings. The van der Waals surface area contributed by atoms with E-state index in [0.717, 1.165) is 5.30 Å². The van der Waals surface area contributed by atoms with E-state index in [0.29, 0.717) is 0 Å². The third-order valence-corrected chi connectivity index (χ3v) is 9.31. The lowest BCUT2D eigenvalue weighted by molar-refractivity contribution is 0.187. The Balaban J connectivity index is 1.97. The molecule has 1 fully saturated rings. The Kier molecular flexibility index (Phi) is 4.29. The maximum atomic E-state index is 14.8. The summed E-state index contributed by atoms with van der Waals surface area (Å²) >= 11 is 0. The summed E-state index contributed by atoms with van der Waals surface area (Å²) < 4.78 is 17.1. The van der Waals surface area contributed by atoms with Crippen molar-refractivity contribution >= 4 is 12.6 Å². The fourth-order valence-electron chi connectivity index (χ4n) is 4.56. The van der Waals surface area contributed by atoms with Crippen molar-refractivity contribution in [3.63, 3.8) is 0 Å². The molecule has 2 aromatic carbocycles. The van der Waals surface area contributed by atoms with E-state index in [4.69, 9.17) is 0 Å². The highest BCUT2D eigenvalue weighted by Gasteiger charge is 2.59. The standard InChI is InChI=1S/C23H26NOP/c1-23(2,3)24-22(18-12-6-4-7-13-18)20-16-10-11-17-21(20)26(24,25)19-14-8-5-9-15-19/h4-17,20-22H,1-3H3/t20-,21+,22+,26?/m1/s1. The highest BCUT2D eigenvalue weighted by atomic mass is 31.2. The third-order valence-electron chi connectivity index (χ3n) is 5.45. The van der Waals surface area contributed by atoms with Gasteiger partial charge in [0, 0.05) is 22.8 Å². The van der Waals surface area contributed by atoms with Crippen LogP contribution in [0, 0.1) is 5.92 Å². The average Bonchev–Trinajstić information content (AvgIpc) is 2.94. The van der Waals surface area contributed by atoms with Gasteiger partial charge in [0.1, 0.15) is 0 Å². The van der Waals surface area contributed by atoms with Gasteiger partial charge < -0.3 is 4.57 Å². The molecule has 1 unspecified atom stereocenters. The molecule has 3 heteroatoms. The molecule has 1 aliphatic carbocycles. The summed E-state index contributed by atoms with van der Waals surface area (Å²) in [6, 6.07) is 20.7. The van der Waals surface area contributed by atoms with E-state index >= 15 is 0 Å². The molecule has 1 heterocycles. The van der Waals surface area contributed by atoms with Crippen molar-refractivity contribution in [1.82, 2.24) is 4.67 Å². The maximum absolute atomic E-state index is 14.8. The van der Waals surface area contributed by atoms with Crippen molar-refractivity contribution in [3.05, 3.63) is 90.5 Å². The number of hydrogen-bond acceptors (Lipinski definition) is 1. The zero-order valence-corrected chi connectivity index (χ0v) is 16.5. The number of benzene rings is 2. The summed E-state index contributed by atoms with van der Waals surface area (Å²) in [5.41, 5.74) is 1.04. The van der Waals surface area contributed by atoms with Crippen LogP contribution in [0.5, 0.6) is 0 Å². The highest BCUT2D eigenvalue weighted by Crippen LogP contribution is 2.70. The summed E-state index contributed by atoms with van der Waals surface area (Å²) in [4.78, 5) is 0. The predicted octanol–water partition coefficient (Wildman–Crippen LogP) is 5.56. The first-order valence-electron chi connectivity index (χ1n) is 9.29. The van der Waals surface area contributed by atoms with Crippen LogP contribution in [0.1, 0.15) is 32.4 Å². The minimum atomic E-state index is -2.81. The molecule has 0 N–H and O–H groups in total. The predicted molar refractivity (Wildman–Crippen MR) is 110 cm³/mol. The van der Waals surface area contributed by atoms with Crippen molar-refractivity contribution in [2.75, 3.05) is 0 Å². The summed E-state index contributed by atoms with van der Waals surface area (Å²) in [5.74, 6) is 0.215. The summed E-state index contributed by atoms with van der Waals surface area (Å²) in [6.45, 7) is 6.55. The Labute approximate surface area is 156 Å². The van der Waals surface area contributed by atoms with Crippen molar-refractivity contribution in [2.24, 2.45) is 5.92 Å². The van der Waals surface area contributed by atoms with Gasteiger partial charge in [-0.3, -0.25) is 0 Å². The van der Waals surface area contributed by atoms with Crippen LogP contribution in [0.2, 0.25) is 0 Å². The fourth-order valence-corrected chi connectivity index (χ4v) is 8.65. The molecular weight excluding hydrogens is 337 g/mol. The molecule has 4 rings (SSSR count). The molecule has 1 saturated heterocycles. The third kappa shape index (κ3) is 2.64. The number of fused-ring (bicyclic) bond motifs is 1. The lowest BCUT2D eigenvalue weighted by atomic mass is 9.86. The van der Waals surface area contributed by atoms with Gasteiger partial charge in [0.25, 0.3) is 0 Å². The van der Waals surface area contributed by atoms with E-state index in [9.17, 15) is 4.57 Å². The molecule has 2 nitrogen and oxygen atoms in total. The van der Waals surface area contributed by atoms with Crippen LogP contribution in [0.3, 0.4) is 0 Å². The van der Waals surface area contributed by atoms with E-state index in [1.54, 1.807) is 0 Å². The second kappa shape index (κ2) is 6.37. The molecular formula is C23H26NOP. The lowest BCUT2D eigenvalue weighted by Crippen LogP contribution is -2.41. The van der Waals surface area contributed by atoms with Gasteiger partial charge in [0.15, 0.2) is 7.29 Å². The topological polar surface area (TPSA) is 20.3 Å². The summed E-state index contributed by atoms with van der Waals surface area (Å²) in [6.07, 6.45) is 8.59. The molecule has 0 amide bonds. The minimum Gasteiger partial charge on any atom is -0.301 e. The highest BCUT2D eigenvalue weighted by molar-refractivity contribution is 7.70. The maximum Gasteiger partial charge on any atom is 0.187 e. The molecule has 134 valence electrons. The minimum absolute atomic E-state index is 0.0133. The van der Waals surface area contributed by atoms with Gasteiger partial charge in [-0.2, -0.15) is 0 Å². The number of nitrogens with zero attached hydrogens (tertiary/aromatic N) is 1. The first kappa shape index (κ1) is 17.5. The Morgan fingerprint density at radius 2 is 1.42 bits per heavy atom. The van der Waals surface area contributed by atoms with Crippen molar-refractivity contribution in [2.45, 2.75) is 38.0 Å². The van der Waals surface area contributed by atoms with E-state index in [1.165, 1.54) is 5.56 Å². The fraction of sp³-hybridized carbons (Fsp3) is 0.304. The zero-order valence-electron chi connectivity index (χ0n) is 15.6. The number of rotatable bonds is 2. The molecule has 26 heavy (non-hydrogen) atoms. The molecule has 4 atom stereocenters. The van der Waals surface area contributed by atoms with Gasteiger partial charge in [-0.25, -0.2) is 4.67 Å². The van der Waals surface area contributed by atoms with Gasteiger partial charge in [-0.05, 0) is 26.3 Å². The molecule has 0 saturated carbocycles. The molecule has 2 aromatic rings. The smallest absolute Gasteiger partial charge is 0.187 e. The second-order valence-electron chi connectivity index (χ2n) is 8.17. The Morgan fingerprint density at radius 1 is 0.846 bits per heavy atom. The number of hydrogen-bond donors (Lipinski definition) is 0. The summed E-state index contributed by atoms with van der Waals surface area (Å²) in [5, 5.41) is 0.961. The normalized spacial score (nSPS) is 31.1. The van der Waals surface area contributed by atoms with Crippen LogP contribution in [-0.2, 0) is 4.57 Å². The molecule has 1 aliphatic heterocycles. The lowest BCUT2D eigenvalue weighted by Gasteiger charge is -2.42. The van der Waals surface area contributed by atoms with Crippen molar-refractivity contribution < 1.29 is 4.57 Å². The number of allylic oxidation sites excluding steroid dienone is 3. The SMILES string of the molecule is CC(C)(C)N1[C@@H](c2ccccc2)[C@@H]2C=CC=C[C@@H]2P1(=O)c1ccccc1. The largest absolute Gasteiger partial charge is 0.301 e. The van der Waals surface area contributed by atoms with Crippen molar-refractivity contribution in [3.8, 4) is 0 Å². The average molecular weight is 363 g/mol. The van der Waals surface area contributed by atoms with E-state index in [1.807, 2.05) is 36.4 Å². The van der Waals surface area contributed by atoms with E-state index < -0.39 is 7.29 Å².